The lowest BCUT2D eigenvalue weighted by Gasteiger charge is -2.37. The summed E-state index contributed by atoms with van der Waals surface area (Å²) in [6.45, 7) is 7.40. The van der Waals surface area contributed by atoms with Gasteiger partial charge in [-0.1, -0.05) is 0 Å². The number of rotatable bonds is 3. The number of hydrogen-bond donors (Lipinski definition) is 0. The van der Waals surface area contributed by atoms with E-state index < -0.39 is 34.7 Å². The third kappa shape index (κ3) is 4.96. The number of hydrogen-bond acceptors (Lipinski definition) is 4. The summed E-state index contributed by atoms with van der Waals surface area (Å²) in [7, 11) is 1.36. The second kappa shape index (κ2) is 9.37. The highest BCUT2D eigenvalue weighted by Crippen LogP contribution is 2.35. The van der Waals surface area contributed by atoms with Crippen molar-refractivity contribution >= 4 is 6.09 Å². The van der Waals surface area contributed by atoms with Crippen molar-refractivity contribution in [3.05, 3.63) is 81.5 Å². The van der Waals surface area contributed by atoms with Crippen molar-refractivity contribution in [2.75, 3.05) is 7.11 Å². The monoisotopic (exact) mass is 500 g/mol. The van der Waals surface area contributed by atoms with Gasteiger partial charge in [0, 0.05) is 41.9 Å². The van der Waals surface area contributed by atoms with Gasteiger partial charge in [-0.25, -0.2) is 18.0 Å². The van der Waals surface area contributed by atoms with Crippen LogP contribution in [0.4, 0.5) is 18.0 Å². The van der Waals surface area contributed by atoms with E-state index in [0.717, 1.165) is 18.2 Å². The van der Waals surface area contributed by atoms with Gasteiger partial charge in [0.25, 0.3) is 5.56 Å². The molecular weight excluding hydrogens is 473 g/mol. The van der Waals surface area contributed by atoms with Crippen LogP contribution in [-0.4, -0.2) is 34.3 Å². The van der Waals surface area contributed by atoms with Crippen molar-refractivity contribution < 1.29 is 27.4 Å². The summed E-state index contributed by atoms with van der Waals surface area (Å²) in [5, 5.41) is 0. The molecule has 2 heterocycles. The van der Waals surface area contributed by atoms with Crippen LogP contribution in [0.2, 0.25) is 0 Å². The van der Waals surface area contributed by atoms with Gasteiger partial charge in [0.2, 0.25) is 0 Å². The summed E-state index contributed by atoms with van der Waals surface area (Å²) in [6, 6.07) is 7.84. The molecule has 1 amide bonds. The minimum absolute atomic E-state index is 0.00101. The lowest BCUT2D eigenvalue weighted by Crippen LogP contribution is -2.46. The summed E-state index contributed by atoms with van der Waals surface area (Å²) < 4.78 is 55.1. The van der Waals surface area contributed by atoms with Crippen LogP contribution >= 0.6 is 0 Å². The van der Waals surface area contributed by atoms with Crippen LogP contribution in [0.3, 0.4) is 0 Å². The van der Waals surface area contributed by atoms with Gasteiger partial charge in [-0.15, -0.1) is 0 Å². The van der Waals surface area contributed by atoms with Crippen LogP contribution < -0.4 is 10.3 Å². The van der Waals surface area contributed by atoms with E-state index in [1.165, 1.54) is 23.8 Å². The molecule has 1 aliphatic rings. The number of amides is 1. The number of pyridine rings is 1. The molecule has 190 valence electrons. The number of ether oxygens (including phenoxy) is 2. The SMILES string of the molecule is COc1cc(-c2cc(F)cc(F)c2)c(F)cc1-n1c2c(ccc1=O)CN(C(=O)OC(C)(C)C)C(C)C2. The standard InChI is InChI=1S/C27H27F3N2O4/c1-15-8-22-16(14-31(15)26(34)36-27(2,3)4)6-7-25(33)32(22)23-13-21(30)20(12-24(23)35-5)17-9-18(28)11-19(29)10-17/h6-7,9-13,15H,8,14H2,1-5H3. The van der Waals surface area contributed by atoms with E-state index in [1.807, 2.05) is 6.92 Å². The van der Waals surface area contributed by atoms with Crippen molar-refractivity contribution in [3.8, 4) is 22.6 Å². The molecule has 4 rings (SSSR count). The number of nitrogens with zero attached hydrogens (tertiary/aromatic N) is 2. The lowest BCUT2D eigenvalue weighted by molar-refractivity contribution is 0.0135. The number of benzene rings is 2. The Morgan fingerprint density at radius 2 is 1.69 bits per heavy atom. The average Bonchev–Trinajstić information content (AvgIpc) is 2.76. The van der Waals surface area contributed by atoms with Gasteiger partial charge in [-0.2, -0.15) is 0 Å². The third-order valence-electron chi connectivity index (χ3n) is 5.96. The second-order valence-corrected chi connectivity index (χ2v) is 9.80. The molecule has 0 aliphatic carbocycles. The highest BCUT2D eigenvalue weighted by Gasteiger charge is 2.32. The molecule has 0 fully saturated rings. The molecule has 9 heteroatoms. The van der Waals surface area contributed by atoms with Crippen molar-refractivity contribution in [2.24, 2.45) is 0 Å². The Kier molecular flexibility index (Phi) is 6.60. The van der Waals surface area contributed by atoms with Crippen LogP contribution in [0.15, 0.2) is 47.3 Å². The van der Waals surface area contributed by atoms with Gasteiger partial charge in [0.1, 0.15) is 28.8 Å². The summed E-state index contributed by atoms with van der Waals surface area (Å²) in [5.41, 5.74) is 0.321. The molecule has 1 atom stereocenters. The van der Waals surface area contributed by atoms with Crippen molar-refractivity contribution in [3.63, 3.8) is 0 Å². The highest BCUT2D eigenvalue weighted by molar-refractivity contribution is 5.70. The topological polar surface area (TPSA) is 60.8 Å². The largest absolute Gasteiger partial charge is 0.495 e. The lowest BCUT2D eigenvalue weighted by atomic mass is 9.98. The average molecular weight is 501 g/mol. The second-order valence-electron chi connectivity index (χ2n) is 9.80. The minimum atomic E-state index is -0.843. The maximum Gasteiger partial charge on any atom is 0.410 e. The smallest absolute Gasteiger partial charge is 0.410 e. The van der Waals surface area contributed by atoms with Crippen molar-refractivity contribution in [2.45, 2.75) is 52.3 Å². The predicted molar refractivity (Wildman–Crippen MR) is 129 cm³/mol. The number of carbonyl (C=O) groups is 1. The Morgan fingerprint density at radius 1 is 1.03 bits per heavy atom. The van der Waals surface area contributed by atoms with E-state index in [-0.39, 0.29) is 35.2 Å². The number of methoxy groups -OCH3 is 1. The van der Waals surface area contributed by atoms with E-state index in [1.54, 1.807) is 31.7 Å². The van der Waals surface area contributed by atoms with Gasteiger partial charge < -0.3 is 14.4 Å². The van der Waals surface area contributed by atoms with E-state index in [2.05, 4.69) is 0 Å². The Hall–Kier alpha value is -3.75. The first-order valence-corrected chi connectivity index (χ1v) is 11.5. The Balaban J connectivity index is 1.81. The molecule has 1 unspecified atom stereocenters. The fourth-order valence-corrected chi connectivity index (χ4v) is 4.36. The van der Waals surface area contributed by atoms with Gasteiger partial charge in [0.15, 0.2) is 0 Å². The van der Waals surface area contributed by atoms with E-state index in [4.69, 9.17) is 9.47 Å². The first-order valence-electron chi connectivity index (χ1n) is 11.5. The summed E-state index contributed by atoms with van der Waals surface area (Å²) in [5.74, 6) is -2.32. The molecule has 0 bridgehead atoms. The minimum Gasteiger partial charge on any atom is -0.495 e. The molecule has 6 nitrogen and oxygen atoms in total. The van der Waals surface area contributed by atoms with Crippen LogP contribution in [0.1, 0.15) is 39.0 Å². The molecule has 0 saturated carbocycles. The van der Waals surface area contributed by atoms with Crippen molar-refractivity contribution in [1.29, 1.82) is 0 Å². The van der Waals surface area contributed by atoms with E-state index in [9.17, 15) is 18.4 Å². The highest BCUT2D eigenvalue weighted by atomic mass is 19.1. The summed E-state index contributed by atoms with van der Waals surface area (Å²) in [6.07, 6.45) is -0.152. The molecular formula is C27H27F3N2O4. The number of fused-ring (bicyclic) bond motifs is 1. The van der Waals surface area contributed by atoms with E-state index in [0.29, 0.717) is 23.7 Å². The van der Waals surface area contributed by atoms with Crippen LogP contribution in [0.25, 0.3) is 16.8 Å². The third-order valence-corrected chi connectivity index (χ3v) is 5.96. The quantitative estimate of drug-likeness (QED) is 0.469. The number of carbonyl (C=O) groups excluding carboxylic acids is 1. The molecule has 0 radical (unpaired) electrons. The van der Waals surface area contributed by atoms with Crippen molar-refractivity contribution in [1.82, 2.24) is 9.47 Å². The predicted octanol–water partition coefficient (Wildman–Crippen LogP) is 5.61. The molecule has 2 aromatic carbocycles. The van der Waals surface area contributed by atoms with Gasteiger partial charge in [-0.3, -0.25) is 9.36 Å². The fourth-order valence-electron chi connectivity index (χ4n) is 4.36. The Bertz CT molecular complexity index is 1370. The zero-order valence-corrected chi connectivity index (χ0v) is 20.7. The molecule has 1 aliphatic heterocycles. The van der Waals surface area contributed by atoms with Crippen LogP contribution in [0.5, 0.6) is 5.75 Å². The van der Waals surface area contributed by atoms with Crippen LogP contribution in [0, 0.1) is 17.5 Å². The zero-order valence-electron chi connectivity index (χ0n) is 20.7. The summed E-state index contributed by atoms with van der Waals surface area (Å²) in [4.78, 5) is 27.3. The number of halogens is 3. The molecule has 3 aromatic rings. The fraction of sp³-hybridized carbons (Fsp3) is 0.333. The maximum atomic E-state index is 15.3. The number of aromatic nitrogens is 1. The van der Waals surface area contributed by atoms with Gasteiger partial charge >= 0.3 is 6.09 Å². The molecule has 36 heavy (non-hydrogen) atoms. The molecule has 0 N–H and O–H groups in total. The Morgan fingerprint density at radius 3 is 2.31 bits per heavy atom. The molecule has 0 saturated heterocycles. The van der Waals surface area contributed by atoms with Crippen LogP contribution in [-0.2, 0) is 17.7 Å². The zero-order chi connectivity index (χ0) is 26.4. The van der Waals surface area contributed by atoms with E-state index >= 15 is 4.39 Å². The maximum absolute atomic E-state index is 15.3. The first-order chi connectivity index (χ1) is 16.9. The van der Waals surface area contributed by atoms with Gasteiger partial charge in [0.05, 0.1) is 19.3 Å². The molecule has 0 spiro atoms. The first kappa shape index (κ1) is 25.3. The molecule has 1 aromatic heterocycles. The summed E-state index contributed by atoms with van der Waals surface area (Å²) >= 11 is 0. The Labute approximate surface area is 206 Å². The normalized spacial score (nSPS) is 15.4. The van der Waals surface area contributed by atoms with Gasteiger partial charge in [-0.05, 0) is 63.1 Å².